The van der Waals surface area contributed by atoms with Gasteiger partial charge in [0.15, 0.2) is 0 Å². The van der Waals surface area contributed by atoms with Crippen LogP contribution in [0.25, 0.3) is 0 Å². The maximum absolute atomic E-state index is 10.4. The molecule has 0 amide bonds. The van der Waals surface area contributed by atoms with Gasteiger partial charge in [0.1, 0.15) is 19.0 Å². The highest BCUT2D eigenvalue weighted by atomic mass is 16.5. The maximum atomic E-state index is 10.4. The number of hydrogen-bond donors (Lipinski definition) is 4. The summed E-state index contributed by atoms with van der Waals surface area (Å²) >= 11 is 0. The van der Waals surface area contributed by atoms with E-state index in [0.717, 1.165) is 25.2 Å². The zero-order chi connectivity index (χ0) is 21.2. The number of aliphatic hydroxyl groups excluding tert-OH is 1. The minimum atomic E-state index is -1.17. The SMILES string of the molecule is C[C@]12CC[C@@H]3c4ccc(O)cc4CC[C@H]3[C@@H]1CC[C@@H]2O.O=C(O)COCC(=O)O. The topological polar surface area (TPSA) is 124 Å². The number of fused-ring (bicyclic) bond motifs is 5. The number of carboxylic acid groups (broad SMARTS) is 2. The van der Waals surface area contributed by atoms with Gasteiger partial charge in [0.05, 0.1) is 6.10 Å². The molecular weight excluding hydrogens is 376 g/mol. The number of benzene rings is 1. The van der Waals surface area contributed by atoms with Crippen LogP contribution in [0.5, 0.6) is 5.75 Å². The number of aryl methyl sites for hydroxylation is 1. The number of carboxylic acids is 2. The van der Waals surface area contributed by atoms with E-state index in [4.69, 9.17) is 10.2 Å². The van der Waals surface area contributed by atoms with Gasteiger partial charge in [-0.25, -0.2) is 9.59 Å². The van der Waals surface area contributed by atoms with Gasteiger partial charge in [-0.2, -0.15) is 0 Å². The van der Waals surface area contributed by atoms with Gasteiger partial charge in [-0.3, -0.25) is 0 Å². The summed E-state index contributed by atoms with van der Waals surface area (Å²) in [4.78, 5) is 19.3. The lowest BCUT2D eigenvalue weighted by molar-refractivity contribution is -0.148. The lowest BCUT2D eigenvalue weighted by Gasteiger charge is -2.50. The molecule has 5 atom stereocenters. The predicted octanol–water partition coefficient (Wildman–Crippen LogP) is 2.78. The Morgan fingerprint density at radius 1 is 1.10 bits per heavy atom. The van der Waals surface area contributed by atoms with Crippen molar-refractivity contribution in [1.29, 1.82) is 0 Å². The number of aliphatic carboxylic acids is 2. The van der Waals surface area contributed by atoms with E-state index in [1.165, 1.54) is 30.4 Å². The van der Waals surface area contributed by atoms with Crippen LogP contribution in [0.4, 0.5) is 0 Å². The molecule has 4 N–H and O–H groups in total. The first-order chi connectivity index (χ1) is 13.7. The van der Waals surface area contributed by atoms with E-state index in [1.54, 1.807) is 0 Å². The van der Waals surface area contributed by atoms with Crippen LogP contribution in [0.2, 0.25) is 0 Å². The van der Waals surface area contributed by atoms with Crippen LogP contribution >= 0.6 is 0 Å². The molecule has 3 aliphatic rings. The third kappa shape index (κ3) is 4.56. The van der Waals surface area contributed by atoms with Crippen LogP contribution < -0.4 is 0 Å². The summed E-state index contributed by atoms with van der Waals surface area (Å²) in [5.41, 5.74) is 2.99. The molecule has 0 bridgehead atoms. The number of carbonyl (C=O) groups is 2. The first-order valence-electron chi connectivity index (χ1n) is 10.2. The predicted molar refractivity (Wildman–Crippen MR) is 105 cm³/mol. The first kappa shape index (κ1) is 21.6. The maximum Gasteiger partial charge on any atom is 0.329 e. The van der Waals surface area contributed by atoms with Crippen LogP contribution in [0, 0.1) is 17.3 Å². The van der Waals surface area contributed by atoms with Crippen molar-refractivity contribution < 1.29 is 34.8 Å². The molecule has 0 aliphatic heterocycles. The average Bonchev–Trinajstić information content (AvgIpc) is 2.96. The first-order valence-corrected chi connectivity index (χ1v) is 10.2. The fourth-order valence-corrected chi connectivity index (χ4v) is 5.77. The summed E-state index contributed by atoms with van der Waals surface area (Å²) in [5.74, 6) is 0.149. The Labute approximate surface area is 170 Å². The second-order valence-electron chi connectivity index (χ2n) is 8.72. The zero-order valence-corrected chi connectivity index (χ0v) is 16.7. The Hall–Kier alpha value is -2.12. The van der Waals surface area contributed by atoms with Crippen molar-refractivity contribution in [3.8, 4) is 5.75 Å². The number of phenolic OH excluding ortho intramolecular Hbond substituents is 1. The zero-order valence-electron chi connectivity index (χ0n) is 16.7. The summed E-state index contributed by atoms with van der Waals surface area (Å²) in [6.45, 7) is 1.19. The van der Waals surface area contributed by atoms with Crippen LogP contribution in [-0.4, -0.2) is 51.7 Å². The van der Waals surface area contributed by atoms with Crippen LogP contribution in [0.1, 0.15) is 56.1 Å². The molecule has 0 aromatic heterocycles. The van der Waals surface area contributed by atoms with Gasteiger partial charge in [0.2, 0.25) is 0 Å². The van der Waals surface area contributed by atoms with Gasteiger partial charge in [0.25, 0.3) is 0 Å². The molecule has 0 heterocycles. The van der Waals surface area contributed by atoms with Gasteiger partial charge < -0.3 is 25.2 Å². The number of ether oxygens (including phenoxy) is 1. The largest absolute Gasteiger partial charge is 0.508 e. The van der Waals surface area contributed by atoms with Gasteiger partial charge in [-0.1, -0.05) is 13.0 Å². The number of phenols is 1. The molecule has 1 aromatic carbocycles. The summed E-state index contributed by atoms with van der Waals surface area (Å²) in [7, 11) is 0. The van der Waals surface area contributed by atoms with E-state index in [1.807, 2.05) is 12.1 Å². The number of aliphatic hydroxyl groups is 1. The van der Waals surface area contributed by atoms with Crippen molar-refractivity contribution in [1.82, 2.24) is 0 Å². The molecule has 4 rings (SSSR count). The smallest absolute Gasteiger partial charge is 0.329 e. The second kappa shape index (κ2) is 8.71. The number of aromatic hydroxyl groups is 1. The molecule has 0 unspecified atom stereocenters. The Balaban J connectivity index is 0.000000229. The van der Waals surface area contributed by atoms with Crippen molar-refractivity contribution in [2.75, 3.05) is 13.2 Å². The number of hydrogen-bond acceptors (Lipinski definition) is 5. The standard InChI is InChI=1S/C18H24O2.C4H6O5/c1-18-9-8-14-13-5-3-12(19)10-11(13)2-4-15(14)16(18)6-7-17(18)20;5-3(6)1-9-2-4(7)8/h3,5,10,14-17,19-20H,2,4,6-9H2,1H3;1-2H2,(H,5,6)(H,7,8)/t14-,15-,16+,17+,18+;/m1./s1. The van der Waals surface area contributed by atoms with Gasteiger partial charge >= 0.3 is 11.9 Å². The van der Waals surface area contributed by atoms with Crippen LogP contribution in [-0.2, 0) is 20.7 Å². The molecule has 0 saturated heterocycles. The molecule has 2 fully saturated rings. The quantitative estimate of drug-likeness (QED) is 0.606. The minimum Gasteiger partial charge on any atom is -0.508 e. The molecule has 2 saturated carbocycles. The fourth-order valence-electron chi connectivity index (χ4n) is 5.77. The van der Waals surface area contributed by atoms with Crippen molar-refractivity contribution in [3.63, 3.8) is 0 Å². The number of rotatable bonds is 4. The van der Waals surface area contributed by atoms with Crippen molar-refractivity contribution in [2.24, 2.45) is 17.3 Å². The van der Waals surface area contributed by atoms with Crippen molar-refractivity contribution >= 4 is 11.9 Å². The van der Waals surface area contributed by atoms with Crippen molar-refractivity contribution in [2.45, 2.75) is 57.5 Å². The average molecular weight is 406 g/mol. The fraction of sp³-hybridized carbons (Fsp3) is 0.636. The van der Waals surface area contributed by atoms with Crippen LogP contribution in [0.3, 0.4) is 0 Å². The Morgan fingerprint density at radius 3 is 2.45 bits per heavy atom. The highest BCUT2D eigenvalue weighted by Crippen LogP contribution is 2.60. The lowest BCUT2D eigenvalue weighted by atomic mass is 9.55. The molecule has 1 aromatic rings. The van der Waals surface area contributed by atoms with E-state index in [-0.39, 0.29) is 11.5 Å². The molecule has 160 valence electrons. The van der Waals surface area contributed by atoms with E-state index in [2.05, 4.69) is 17.7 Å². The lowest BCUT2D eigenvalue weighted by Crippen LogP contribution is -2.43. The molecule has 29 heavy (non-hydrogen) atoms. The summed E-state index contributed by atoms with van der Waals surface area (Å²) in [5, 5.41) is 35.9. The monoisotopic (exact) mass is 406 g/mol. The van der Waals surface area contributed by atoms with E-state index in [0.29, 0.717) is 17.6 Å². The minimum absolute atomic E-state index is 0.0883. The highest BCUT2D eigenvalue weighted by molar-refractivity contribution is 5.70. The Morgan fingerprint density at radius 2 is 1.79 bits per heavy atom. The third-order valence-corrected chi connectivity index (χ3v) is 7.11. The normalized spacial score (nSPS) is 32.2. The van der Waals surface area contributed by atoms with E-state index >= 15 is 0 Å². The summed E-state index contributed by atoms with van der Waals surface area (Å²) < 4.78 is 4.16. The highest BCUT2D eigenvalue weighted by Gasteiger charge is 2.54. The molecule has 0 radical (unpaired) electrons. The molecular formula is C22H30O7. The van der Waals surface area contributed by atoms with Gasteiger partial charge in [0, 0.05) is 0 Å². The second-order valence-corrected chi connectivity index (χ2v) is 8.72. The van der Waals surface area contributed by atoms with E-state index in [9.17, 15) is 19.8 Å². The van der Waals surface area contributed by atoms with Crippen molar-refractivity contribution in [3.05, 3.63) is 29.3 Å². The molecule has 3 aliphatic carbocycles. The Kier molecular flexibility index (Phi) is 6.49. The third-order valence-electron chi connectivity index (χ3n) is 7.11. The van der Waals surface area contributed by atoms with Gasteiger partial charge in [-0.05, 0) is 85.0 Å². The van der Waals surface area contributed by atoms with Crippen LogP contribution in [0.15, 0.2) is 18.2 Å². The summed E-state index contributed by atoms with van der Waals surface area (Å²) in [6, 6.07) is 5.96. The molecule has 7 heteroatoms. The van der Waals surface area contributed by atoms with Gasteiger partial charge in [-0.15, -0.1) is 0 Å². The summed E-state index contributed by atoms with van der Waals surface area (Å²) in [6.07, 6.45) is 6.78. The van der Waals surface area contributed by atoms with E-state index < -0.39 is 25.2 Å². The Bertz CT molecular complexity index is 748. The molecule has 7 nitrogen and oxygen atoms in total. The molecule has 0 spiro atoms.